The maximum atomic E-state index is 12.4. The topological polar surface area (TPSA) is 64.6 Å². The SMILES string of the molecule is COc1ccc(OC)c(S(=O)(=O)NCCCC(C)(C)C)c1. The molecule has 0 heterocycles. The molecule has 0 aliphatic carbocycles. The lowest BCUT2D eigenvalue weighted by Crippen LogP contribution is -2.26. The normalized spacial score (nSPS) is 12.2. The predicted molar refractivity (Wildman–Crippen MR) is 83.4 cm³/mol. The molecule has 5 nitrogen and oxygen atoms in total. The molecule has 0 aliphatic rings. The Hall–Kier alpha value is -1.27. The number of rotatable bonds is 7. The molecule has 1 rings (SSSR count). The Morgan fingerprint density at radius 1 is 1.14 bits per heavy atom. The van der Waals surface area contributed by atoms with Gasteiger partial charge in [-0.15, -0.1) is 0 Å². The van der Waals surface area contributed by atoms with Crippen molar-refractivity contribution < 1.29 is 17.9 Å². The van der Waals surface area contributed by atoms with Gasteiger partial charge in [0.05, 0.1) is 14.2 Å². The number of hydrogen-bond donors (Lipinski definition) is 1. The number of nitrogens with one attached hydrogen (secondary N) is 1. The molecule has 0 saturated heterocycles. The number of benzene rings is 1. The first kappa shape index (κ1) is 17.8. The summed E-state index contributed by atoms with van der Waals surface area (Å²) in [7, 11) is -0.668. The average Bonchev–Trinajstić information content (AvgIpc) is 2.42. The van der Waals surface area contributed by atoms with Gasteiger partial charge in [0.15, 0.2) is 0 Å². The van der Waals surface area contributed by atoms with Gasteiger partial charge in [0.25, 0.3) is 0 Å². The van der Waals surface area contributed by atoms with Gasteiger partial charge in [-0.3, -0.25) is 0 Å². The minimum Gasteiger partial charge on any atom is -0.497 e. The summed E-state index contributed by atoms with van der Waals surface area (Å²) in [4.78, 5) is 0.0973. The summed E-state index contributed by atoms with van der Waals surface area (Å²) >= 11 is 0. The number of methoxy groups -OCH3 is 2. The molecule has 21 heavy (non-hydrogen) atoms. The van der Waals surface area contributed by atoms with Crippen LogP contribution in [0, 0.1) is 5.41 Å². The number of sulfonamides is 1. The first-order valence-corrected chi connectivity index (χ1v) is 8.39. The Morgan fingerprint density at radius 2 is 1.81 bits per heavy atom. The van der Waals surface area contributed by atoms with E-state index in [9.17, 15) is 8.42 Å². The molecular formula is C15H25NO4S. The zero-order valence-corrected chi connectivity index (χ0v) is 14.2. The van der Waals surface area contributed by atoms with Crippen molar-refractivity contribution in [1.82, 2.24) is 4.72 Å². The molecule has 1 N–H and O–H groups in total. The smallest absolute Gasteiger partial charge is 0.244 e. The summed E-state index contributed by atoms with van der Waals surface area (Å²) in [5, 5.41) is 0. The van der Waals surface area contributed by atoms with Crippen LogP contribution in [0.5, 0.6) is 11.5 Å². The summed E-state index contributed by atoms with van der Waals surface area (Å²) in [5.74, 6) is 0.782. The Morgan fingerprint density at radius 3 is 2.33 bits per heavy atom. The molecule has 0 atom stereocenters. The van der Waals surface area contributed by atoms with Crippen molar-refractivity contribution in [1.29, 1.82) is 0 Å². The van der Waals surface area contributed by atoms with Crippen LogP contribution in [-0.2, 0) is 10.0 Å². The van der Waals surface area contributed by atoms with E-state index in [1.807, 2.05) is 0 Å². The van der Waals surface area contributed by atoms with Gasteiger partial charge in [-0.05, 0) is 30.4 Å². The van der Waals surface area contributed by atoms with Crippen LogP contribution in [0.25, 0.3) is 0 Å². The van der Waals surface area contributed by atoms with Crippen LogP contribution in [0.15, 0.2) is 23.1 Å². The molecule has 0 amide bonds. The van der Waals surface area contributed by atoms with Crippen molar-refractivity contribution in [2.24, 2.45) is 5.41 Å². The zero-order valence-electron chi connectivity index (χ0n) is 13.4. The van der Waals surface area contributed by atoms with Crippen molar-refractivity contribution in [3.8, 4) is 11.5 Å². The third kappa shape index (κ3) is 5.55. The van der Waals surface area contributed by atoms with Crippen LogP contribution in [0.3, 0.4) is 0 Å². The Bertz CT molecular complexity index is 562. The fourth-order valence-electron chi connectivity index (χ4n) is 1.90. The van der Waals surface area contributed by atoms with E-state index < -0.39 is 10.0 Å². The van der Waals surface area contributed by atoms with E-state index in [1.165, 1.54) is 20.3 Å². The van der Waals surface area contributed by atoms with E-state index in [4.69, 9.17) is 9.47 Å². The maximum absolute atomic E-state index is 12.4. The molecule has 1 aromatic rings. The van der Waals surface area contributed by atoms with Crippen LogP contribution in [0.2, 0.25) is 0 Å². The zero-order chi connectivity index (χ0) is 16.1. The highest BCUT2D eigenvalue weighted by atomic mass is 32.2. The summed E-state index contributed by atoms with van der Waals surface area (Å²) in [5.41, 5.74) is 0.194. The molecule has 6 heteroatoms. The second-order valence-electron chi connectivity index (χ2n) is 6.08. The molecule has 120 valence electrons. The first-order chi connectivity index (χ1) is 9.69. The van der Waals surface area contributed by atoms with E-state index in [2.05, 4.69) is 25.5 Å². The lowest BCUT2D eigenvalue weighted by molar-refractivity contribution is 0.365. The summed E-state index contributed by atoms with van der Waals surface area (Å²) in [6.07, 6.45) is 1.74. The van der Waals surface area contributed by atoms with Crippen LogP contribution >= 0.6 is 0 Å². The van der Waals surface area contributed by atoms with Gasteiger partial charge in [0.1, 0.15) is 16.4 Å². The monoisotopic (exact) mass is 315 g/mol. The van der Waals surface area contributed by atoms with Gasteiger partial charge in [-0.25, -0.2) is 13.1 Å². The summed E-state index contributed by atoms with van der Waals surface area (Å²) < 4.78 is 37.5. The van der Waals surface area contributed by atoms with Crippen LogP contribution in [0.1, 0.15) is 33.6 Å². The van der Waals surface area contributed by atoms with Gasteiger partial charge in [0.2, 0.25) is 10.0 Å². The van der Waals surface area contributed by atoms with Gasteiger partial charge in [-0.2, -0.15) is 0 Å². The van der Waals surface area contributed by atoms with E-state index in [0.29, 0.717) is 18.0 Å². The minimum atomic E-state index is -3.61. The fraction of sp³-hybridized carbons (Fsp3) is 0.600. The fourth-order valence-corrected chi connectivity index (χ4v) is 3.15. The van der Waals surface area contributed by atoms with E-state index in [0.717, 1.165) is 12.8 Å². The molecule has 0 spiro atoms. The van der Waals surface area contributed by atoms with Gasteiger partial charge < -0.3 is 9.47 Å². The molecule has 0 unspecified atom stereocenters. The third-order valence-electron chi connectivity index (χ3n) is 3.06. The van der Waals surface area contributed by atoms with Gasteiger partial charge >= 0.3 is 0 Å². The molecule has 0 fully saturated rings. The molecule has 0 aromatic heterocycles. The molecule has 0 radical (unpaired) electrons. The summed E-state index contributed by atoms with van der Waals surface area (Å²) in [6.45, 7) is 6.80. The minimum absolute atomic E-state index is 0.0973. The molecule has 1 aromatic carbocycles. The molecule has 0 bridgehead atoms. The maximum Gasteiger partial charge on any atom is 0.244 e. The van der Waals surface area contributed by atoms with Crippen LogP contribution in [-0.4, -0.2) is 29.2 Å². The molecular weight excluding hydrogens is 290 g/mol. The summed E-state index contributed by atoms with van der Waals surface area (Å²) in [6, 6.07) is 4.71. The standard InChI is InChI=1S/C15H25NO4S/c1-15(2,3)9-6-10-16-21(17,18)14-11-12(19-4)7-8-13(14)20-5/h7-8,11,16H,6,9-10H2,1-5H3. The second kappa shape index (κ2) is 7.13. The van der Waals surface area contributed by atoms with E-state index >= 15 is 0 Å². The van der Waals surface area contributed by atoms with Crippen molar-refractivity contribution in [2.75, 3.05) is 20.8 Å². The van der Waals surface area contributed by atoms with Crippen LogP contribution < -0.4 is 14.2 Å². The highest BCUT2D eigenvalue weighted by Crippen LogP contribution is 2.28. The lowest BCUT2D eigenvalue weighted by atomic mass is 9.91. The first-order valence-electron chi connectivity index (χ1n) is 6.91. The Kier molecular flexibility index (Phi) is 6.04. The van der Waals surface area contributed by atoms with Crippen molar-refractivity contribution in [2.45, 2.75) is 38.5 Å². The van der Waals surface area contributed by atoms with Gasteiger partial charge in [0, 0.05) is 12.6 Å². The van der Waals surface area contributed by atoms with E-state index in [-0.39, 0.29) is 10.3 Å². The highest BCUT2D eigenvalue weighted by Gasteiger charge is 2.20. The number of ether oxygens (including phenoxy) is 2. The highest BCUT2D eigenvalue weighted by molar-refractivity contribution is 7.89. The lowest BCUT2D eigenvalue weighted by Gasteiger charge is -2.18. The van der Waals surface area contributed by atoms with Crippen molar-refractivity contribution in [3.05, 3.63) is 18.2 Å². The van der Waals surface area contributed by atoms with Gasteiger partial charge in [-0.1, -0.05) is 20.8 Å². The van der Waals surface area contributed by atoms with Crippen molar-refractivity contribution >= 4 is 10.0 Å². The molecule has 0 saturated carbocycles. The van der Waals surface area contributed by atoms with E-state index in [1.54, 1.807) is 12.1 Å². The third-order valence-corrected chi connectivity index (χ3v) is 4.54. The Balaban J connectivity index is 2.82. The average molecular weight is 315 g/mol. The quantitative estimate of drug-likeness (QED) is 0.786. The van der Waals surface area contributed by atoms with Crippen LogP contribution in [0.4, 0.5) is 0 Å². The second-order valence-corrected chi connectivity index (χ2v) is 7.81. The largest absolute Gasteiger partial charge is 0.497 e. The van der Waals surface area contributed by atoms with Crippen molar-refractivity contribution in [3.63, 3.8) is 0 Å². The Labute approximate surface area is 127 Å². The molecule has 0 aliphatic heterocycles. The number of hydrogen-bond acceptors (Lipinski definition) is 4. The predicted octanol–water partition coefficient (Wildman–Crippen LogP) is 2.81.